The first-order valence-corrected chi connectivity index (χ1v) is 7.62. The second-order valence-corrected chi connectivity index (χ2v) is 6.40. The van der Waals surface area contributed by atoms with E-state index in [0.29, 0.717) is 24.4 Å². The zero-order valence-corrected chi connectivity index (χ0v) is 12.0. The van der Waals surface area contributed by atoms with E-state index in [-0.39, 0.29) is 5.41 Å². The van der Waals surface area contributed by atoms with Crippen molar-refractivity contribution in [2.24, 2.45) is 17.1 Å². The van der Waals surface area contributed by atoms with Gasteiger partial charge in [0.05, 0.1) is 5.41 Å². The van der Waals surface area contributed by atoms with Gasteiger partial charge in [0.15, 0.2) is 0 Å². The molecule has 1 heterocycles. The van der Waals surface area contributed by atoms with Gasteiger partial charge in [0.2, 0.25) is 5.91 Å². The molecule has 2 unspecified atom stereocenters. The van der Waals surface area contributed by atoms with Crippen molar-refractivity contribution in [1.29, 1.82) is 0 Å². The number of nitrogens with zero attached hydrogens (tertiary/aromatic N) is 1. The lowest BCUT2D eigenvalue weighted by molar-refractivity contribution is -0.148. The molecule has 0 aromatic carbocycles. The average Bonchev–Trinajstić information content (AvgIpc) is 2.42. The van der Waals surface area contributed by atoms with E-state index in [0.717, 1.165) is 25.8 Å². The number of nitrogens with two attached hydrogens (primary N) is 1. The Morgan fingerprint density at radius 1 is 1.22 bits per heavy atom. The van der Waals surface area contributed by atoms with E-state index >= 15 is 0 Å². The molecule has 0 aromatic heterocycles. The summed E-state index contributed by atoms with van der Waals surface area (Å²) in [5.41, 5.74) is 5.75. The van der Waals surface area contributed by atoms with Crippen LogP contribution in [0.15, 0.2) is 0 Å². The van der Waals surface area contributed by atoms with Crippen LogP contribution in [0.4, 0.5) is 0 Å². The van der Waals surface area contributed by atoms with Crippen LogP contribution < -0.4 is 5.73 Å². The summed E-state index contributed by atoms with van der Waals surface area (Å²) >= 11 is 0. The molecule has 2 atom stereocenters. The molecule has 104 valence electrons. The highest BCUT2D eigenvalue weighted by Gasteiger charge is 2.43. The molecule has 2 N–H and O–H groups in total. The third-order valence-electron chi connectivity index (χ3n) is 5.29. The molecule has 18 heavy (non-hydrogen) atoms. The van der Waals surface area contributed by atoms with E-state index in [2.05, 4.69) is 18.7 Å². The number of carbonyl (C=O) groups is 1. The Bertz CT molecular complexity index is 297. The Morgan fingerprint density at radius 2 is 1.89 bits per heavy atom. The Hall–Kier alpha value is -0.570. The average molecular weight is 252 g/mol. The number of likely N-dealkylation sites (tertiary alicyclic amines) is 1. The number of rotatable bonds is 2. The monoisotopic (exact) mass is 252 g/mol. The molecule has 0 bridgehead atoms. The fourth-order valence-electron chi connectivity index (χ4n) is 3.66. The van der Waals surface area contributed by atoms with Gasteiger partial charge in [-0.1, -0.05) is 26.2 Å². The van der Waals surface area contributed by atoms with Gasteiger partial charge in [0.1, 0.15) is 0 Å². The highest BCUT2D eigenvalue weighted by atomic mass is 16.2. The molecule has 2 aliphatic rings. The largest absolute Gasteiger partial charge is 0.339 e. The van der Waals surface area contributed by atoms with Crippen LogP contribution in [-0.2, 0) is 4.79 Å². The summed E-state index contributed by atoms with van der Waals surface area (Å²) in [6, 6.07) is 0.386. The number of hydrogen-bond donors (Lipinski definition) is 1. The van der Waals surface area contributed by atoms with Crippen molar-refractivity contribution in [3.63, 3.8) is 0 Å². The molecule has 0 aromatic rings. The predicted octanol–water partition coefficient (Wildman–Crippen LogP) is 2.54. The smallest absolute Gasteiger partial charge is 0.230 e. The Labute approximate surface area is 111 Å². The van der Waals surface area contributed by atoms with E-state index in [1.807, 2.05) is 0 Å². The van der Waals surface area contributed by atoms with Crippen LogP contribution in [0.5, 0.6) is 0 Å². The summed E-state index contributed by atoms with van der Waals surface area (Å²) < 4.78 is 0. The quantitative estimate of drug-likeness (QED) is 0.821. The van der Waals surface area contributed by atoms with Crippen LogP contribution in [0.1, 0.15) is 58.8 Å². The Balaban J connectivity index is 2.12. The van der Waals surface area contributed by atoms with Crippen LogP contribution in [0.3, 0.4) is 0 Å². The van der Waals surface area contributed by atoms with Gasteiger partial charge in [-0.25, -0.2) is 0 Å². The van der Waals surface area contributed by atoms with Crippen LogP contribution in [0.25, 0.3) is 0 Å². The lowest BCUT2D eigenvalue weighted by atomic mass is 9.72. The maximum atomic E-state index is 12.9. The predicted molar refractivity (Wildman–Crippen MR) is 74.1 cm³/mol. The molecule has 1 amide bonds. The van der Waals surface area contributed by atoms with E-state index in [9.17, 15) is 4.79 Å². The van der Waals surface area contributed by atoms with Crippen molar-refractivity contribution in [3.05, 3.63) is 0 Å². The molecule has 2 fully saturated rings. The van der Waals surface area contributed by atoms with E-state index in [4.69, 9.17) is 5.73 Å². The van der Waals surface area contributed by atoms with Gasteiger partial charge in [-0.15, -0.1) is 0 Å². The van der Waals surface area contributed by atoms with Crippen molar-refractivity contribution in [2.45, 2.75) is 64.8 Å². The minimum atomic E-state index is -0.233. The van der Waals surface area contributed by atoms with Crippen LogP contribution in [-0.4, -0.2) is 29.9 Å². The molecular formula is C15H28N2O. The molecule has 1 aliphatic carbocycles. The fourth-order valence-corrected chi connectivity index (χ4v) is 3.66. The second-order valence-electron chi connectivity index (χ2n) is 6.40. The van der Waals surface area contributed by atoms with E-state index in [1.165, 1.54) is 25.7 Å². The first-order valence-electron chi connectivity index (χ1n) is 7.62. The van der Waals surface area contributed by atoms with E-state index in [1.54, 1.807) is 0 Å². The summed E-state index contributed by atoms with van der Waals surface area (Å²) in [6.07, 6.45) is 8.00. The molecule has 3 nitrogen and oxygen atoms in total. The molecule has 1 saturated carbocycles. The lowest BCUT2D eigenvalue weighted by Gasteiger charge is -2.45. The Kier molecular flexibility index (Phi) is 4.31. The summed E-state index contributed by atoms with van der Waals surface area (Å²) in [7, 11) is 0. The summed E-state index contributed by atoms with van der Waals surface area (Å²) in [5, 5.41) is 0. The number of hydrogen-bond acceptors (Lipinski definition) is 2. The molecule has 0 spiro atoms. The van der Waals surface area contributed by atoms with Gasteiger partial charge in [-0.2, -0.15) is 0 Å². The zero-order valence-electron chi connectivity index (χ0n) is 12.0. The zero-order chi connectivity index (χ0) is 13.2. The topological polar surface area (TPSA) is 46.3 Å². The van der Waals surface area contributed by atoms with E-state index < -0.39 is 0 Å². The molecule has 2 rings (SSSR count). The Morgan fingerprint density at radius 3 is 2.50 bits per heavy atom. The van der Waals surface area contributed by atoms with Crippen molar-refractivity contribution >= 4 is 5.91 Å². The normalized spacial score (nSPS) is 32.3. The molecule has 0 radical (unpaired) electrons. The van der Waals surface area contributed by atoms with Gasteiger partial charge in [-0.05, 0) is 38.5 Å². The maximum Gasteiger partial charge on any atom is 0.230 e. The van der Waals surface area contributed by atoms with Crippen LogP contribution >= 0.6 is 0 Å². The summed E-state index contributed by atoms with van der Waals surface area (Å²) in [5.74, 6) is 0.977. The van der Waals surface area contributed by atoms with Crippen LogP contribution in [0.2, 0.25) is 0 Å². The summed E-state index contributed by atoms with van der Waals surface area (Å²) in [6.45, 7) is 5.93. The lowest BCUT2D eigenvalue weighted by Crippen LogP contribution is -2.55. The highest BCUT2D eigenvalue weighted by molar-refractivity contribution is 5.83. The molecule has 1 aliphatic heterocycles. The second kappa shape index (κ2) is 5.60. The van der Waals surface area contributed by atoms with Gasteiger partial charge in [0.25, 0.3) is 0 Å². The number of amides is 1. The molecule has 3 heteroatoms. The van der Waals surface area contributed by atoms with Gasteiger partial charge in [0, 0.05) is 19.1 Å². The third-order valence-corrected chi connectivity index (χ3v) is 5.29. The molecular weight excluding hydrogens is 224 g/mol. The van der Waals surface area contributed by atoms with Crippen molar-refractivity contribution in [3.8, 4) is 0 Å². The standard InChI is InChI=1S/C15H28N2O/c1-12-7-6-10-17(13(12)2)14(18)15(11-16)8-4-3-5-9-15/h12-13H,3-11,16H2,1-2H3. The molecule has 1 saturated heterocycles. The van der Waals surface area contributed by atoms with Crippen molar-refractivity contribution < 1.29 is 4.79 Å². The maximum absolute atomic E-state index is 12.9. The van der Waals surface area contributed by atoms with Gasteiger partial charge < -0.3 is 10.6 Å². The highest BCUT2D eigenvalue weighted by Crippen LogP contribution is 2.39. The first kappa shape index (κ1) is 13.9. The third kappa shape index (κ3) is 2.42. The van der Waals surface area contributed by atoms with Crippen molar-refractivity contribution in [2.75, 3.05) is 13.1 Å². The van der Waals surface area contributed by atoms with Gasteiger partial charge >= 0.3 is 0 Å². The minimum absolute atomic E-state index is 0.233. The minimum Gasteiger partial charge on any atom is -0.339 e. The number of carbonyl (C=O) groups excluding carboxylic acids is 1. The fraction of sp³-hybridized carbons (Fsp3) is 0.933. The van der Waals surface area contributed by atoms with Crippen molar-refractivity contribution in [1.82, 2.24) is 4.90 Å². The summed E-state index contributed by atoms with van der Waals surface area (Å²) in [4.78, 5) is 15.0. The SMILES string of the molecule is CC1CCCN(C(=O)C2(CN)CCCCC2)C1C. The van der Waals surface area contributed by atoms with Crippen LogP contribution in [0, 0.1) is 11.3 Å². The van der Waals surface area contributed by atoms with Gasteiger partial charge in [-0.3, -0.25) is 4.79 Å². The first-order chi connectivity index (χ1) is 8.60. The number of piperidine rings is 1.